The molecule has 0 atom stereocenters. The smallest absolute Gasteiger partial charge is 0.0750 e. The van der Waals surface area contributed by atoms with Crippen molar-refractivity contribution in [1.29, 1.82) is 0 Å². The number of pyridine rings is 1. The first kappa shape index (κ1) is 16.5. The Bertz CT molecular complexity index is 1230. The average Bonchev–Trinajstić information content (AvgIpc) is 2.65. The van der Waals surface area contributed by atoms with Gasteiger partial charge in [-0.25, -0.2) is 4.98 Å². The van der Waals surface area contributed by atoms with Crippen molar-refractivity contribution in [3.05, 3.63) is 77.4 Å². The zero-order valence-electron chi connectivity index (χ0n) is 16.7. The van der Waals surface area contributed by atoms with E-state index in [0.717, 1.165) is 11.2 Å². The summed E-state index contributed by atoms with van der Waals surface area (Å²) in [5.41, 5.74) is 7.71. The highest BCUT2D eigenvalue weighted by Gasteiger charge is 2.47. The van der Waals surface area contributed by atoms with Crippen LogP contribution in [0.1, 0.15) is 44.4 Å². The monoisotopic (exact) mass is 351 g/mol. The van der Waals surface area contributed by atoms with Crippen LogP contribution in [0.5, 0.6) is 0 Å². The third-order valence-corrected chi connectivity index (χ3v) is 7.15. The highest BCUT2D eigenvalue weighted by atomic mass is 14.7. The minimum Gasteiger partial charge on any atom is -0.247 e. The van der Waals surface area contributed by atoms with Crippen LogP contribution in [0.3, 0.4) is 0 Å². The maximum atomic E-state index is 5.17. The topological polar surface area (TPSA) is 12.9 Å². The van der Waals surface area contributed by atoms with Crippen molar-refractivity contribution < 1.29 is 0 Å². The van der Waals surface area contributed by atoms with Crippen molar-refractivity contribution in [3.63, 3.8) is 0 Å². The molecular formula is C26H25N. The molecule has 1 heterocycles. The summed E-state index contributed by atoms with van der Waals surface area (Å²) in [6, 6.07) is 21.9. The number of aromatic nitrogens is 1. The number of nitrogens with zero attached hydrogens (tertiary/aromatic N) is 1. The normalized spacial score (nSPS) is 16.9. The fourth-order valence-corrected chi connectivity index (χ4v) is 4.97. The van der Waals surface area contributed by atoms with Crippen LogP contribution in [-0.4, -0.2) is 4.98 Å². The molecule has 1 aliphatic rings. The maximum absolute atomic E-state index is 5.17. The van der Waals surface area contributed by atoms with E-state index in [9.17, 15) is 0 Å². The van der Waals surface area contributed by atoms with Crippen LogP contribution >= 0.6 is 0 Å². The highest BCUT2D eigenvalue weighted by molar-refractivity contribution is 5.95. The van der Waals surface area contributed by atoms with E-state index in [1.54, 1.807) is 0 Å². The molecule has 0 fully saturated rings. The molecule has 0 radical (unpaired) electrons. The molecule has 3 aromatic carbocycles. The summed E-state index contributed by atoms with van der Waals surface area (Å²) in [4.78, 5) is 5.17. The Kier molecular flexibility index (Phi) is 3.17. The van der Waals surface area contributed by atoms with Gasteiger partial charge in [0.25, 0.3) is 0 Å². The molecule has 1 heteroatoms. The summed E-state index contributed by atoms with van der Waals surface area (Å²) >= 11 is 0. The fraction of sp³-hybridized carbons (Fsp3) is 0.269. The van der Waals surface area contributed by atoms with Gasteiger partial charge in [-0.15, -0.1) is 0 Å². The Morgan fingerprint density at radius 3 is 2.19 bits per heavy atom. The van der Waals surface area contributed by atoms with Crippen LogP contribution in [-0.2, 0) is 10.8 Å². The Labute approximate surface area is 161 Å². The first-order valence-corrected chi connectivity index (χ1v) is 9.76. The van der Waals surface area contributed by atoms with Crippen LogP contribution in [0.25, 0.3) is 32.9 Å². The molecule has 0 saturated heterocycles. The maximum Gasteiger partial charge on any atom is 0.0750 e. The highest BCUT2D eigenvalue weighted by Crippen LogP contribution is 2.55. The molecule has 0 N–H and O–H groups in total. The molecule has 0 unspecified atom stereocenters. The number of benzene rings is 3. The molecule has 134 valence electrons. The van der Waals surface area contributed by atoms with Gasteiger partial charge < -0.3 is 0 Å². The van der Waals surface area contributed by atoms with Crippen LogP contribution < -0.4 is 0 Å². The van der Waals surface area contributed by atoms with Gasteiger partial charge in [0.2, 0.25) is 0 Å². The minimum absolute atomic E-state index is 0.00752. The van der Waals surface area contributed by atoms with Gasteiger partial charge >= 0.3 is 0 Å². The first-order valence-electron chi connectivity index (χ1n) is 9.76. The zero-order chi connectivity index (χ0) is 19.0. The van der Waals surface area contributed by atoms with Crippen molar-refractivity contribution in [2.24, 2.45) is 0 Å². The lowest BCUT2D eigenvalue weighted by molar-refractivity contribution is 0.297. The van der Waals surface area contributed by atoms with Gasteiger partial charge in [-0.1, -0.05) is 70.2 Å². The molecule has 1 nitrogen and oxygen atoms in total. The Hall–Kier alpha value is -2.67. The first-order chi connectivity index (χ1) is 12.8. The summed E-state index contributed by atoms with van der Waals surface area (Å²) in [6.45, 7) is 11.8. The van der Waals surface area contributed by atoms with Crippen LogP contribution in [0.2, 0.25) is 0 Å². The number of hydrogen-bond donors (Lipinski definition) is 0. The summed E-state index contributed by atoms with van der Waals surface area (Å²) in [6.07, 6.45) is 0. The Morgan fingerprint density at radius 1 is 0.741 bits per heavy atom. The molecular weight excluding hydrogens is 326 g/mol. The predicted molar refractivity (Wildman–Crippen MR) is 115 cm³/mol. The van der Waals surface area contributed by atoms with Crippen molar-refractivity contribution in [2.75, 3.05) is 0 Å². The van der Waals surface area contributed by atoms with E-state index in [0.29, 0.717) is 0 Å². The van der Waals surface area contributed by atoms with E-state index in [1.807, 2.05) is 0 Å². The summed E-state index contributed by atoms with van der Waals surface area (Å²) in [7, 11) is 0. The van der Waals surface area contributed by atoms with Crippen molar-refractivity contribution in [3.8, 4) is 11.3 Å². The van der Waals surface area contributed by atoms with Gasteiger partial charge in [0, 0.05) is 16.4 Å². The van der Waals surface area contributed by atoms with E-state index >= 15 is 0 Å². The lowest BCUT2D eigenvalue weighted by Crippen LogP contribution is -2.44. The minimum atomic E-state index is -0.0143. The zero-order valence-corrected chi connectivity index (χ0v) is 16.7. The Balaban J connectivity index is 2.00. The number of para-hydroxylation sites is 1. The molecule has 0 saturated carbocycles. The largest absolute Gasteiger partial charge is 0.247 e. The average molecular weight is 351 g/mol. The quantitative estimate of drug-likeness (QED) is 0.334. The third-order valence-electron chi connectivity index (χ3n) is 7.15. The van der Waals surface area contributed by atoms with Crippen molar-refractivity contribution in [2.45, 2.75) is 45.4 Å². The van der Waals surface area contributed by atoms with Gasteiger partial charge in [-0.3, -0.25) is 0 Å². The van der Waals surface area contributed by atoms with E-state index in [-0.39, 0.29) is 10.8 Å². The molecule has 27 heavy (non-hydrogen) atoms. The predicted octanol–water partition coefficient (Wildman–Crippen LogP) is 6.93. The lowest BCUT2D eigenvalue weighted by Gasteiger charge is -2.48. The second-order valence-electron chi connectivity index (χ2n) is 8.97. The number of aryl methyl sites for hydroxylation is 1. The second-order valence-corrected chi connectivity index (χ2v) is 8.97. The molecule has 0 bridgehead atoms. The van der Waals surface area contributed by atoms with Crippen LogP contribution in [0.15, 0.2) is 60.7 Å². The van der Waals surface area contributed by atoms with E-state index in [2.05, 4.69) is 95.3 Å². The second kappa shape index (κ2) is 5.19. The molecule has 0 spiro atoms. The molecule has 1 aliphatic carbocycles. The van der Waals surface area contributed by atoms with Gasteiger partial charge in [0.05, 0.1) is 11.2 Å². The molecule has 0 aliphatic heterocycles. The summed E-state index contributed by atoms with van der Waals surface area (Å²) < 4.78 is 0. The van der Waals surface area contributed by atoms with Crippen molar-refractivity contribution in [1.82, 2.24) is 4.98 Å². The van der Waals surface area contributed by atoms with Gasteiger partial charge in [-0.2, -0.15) is 0 Å². The molecule has 5 rings (SSSR count). The van der Waals surface area contributed by atoms with Crippen molar-refractivity contribution >= 4 is 21.7 Å². The van der Waals surface area contributed by atoms with Gasteiger partial charge in [-0.05, 0) is 58.0 Å². The molecule has 0 amide bonds. The fourth-order valence-electron chi connectivity index (χ4n) is 4.97. The SMILES string of the molecule is Cc1c2c(cc3ccccc13)-c1nc3ccccc3cc1C(C)(C)C2(C)C. The van der Waals surface area contributed by atoms with E-state index in [1.165, 1.54) is 38.4 Å². The van der Waals surface area contributed by atoms with Crippen LogP contribution in [0, 0.1) is 6.92 Å². The van der Waals surface area contributed by atoms with Crippen LogP contribution in [0.4, 0.5) is 0 Å². The molecule has 4 aromatic rings. The number of hydrogen-bond acceptors (Lipinski definition) is 1. The molecule has 1 aromatic heterocycles. The standard InChI is InChI=1S/C26H25N/c1-16-19-12-8-6-10-17(19)14-20-23(16)26(4,5)25(2,3)21-15-18-11-7-9-13-22(18)27-24(20)21/h6-15H,1-5H3. The van der Waals surface area contributed by atoms with E-state index in [4.69, 9.17) is 4.98 Å². The van der Waals surface area contributed by atoms with Gasteiger partial charge in [0.15, 0.2) is 0 Å². The van der Waals surface area contributed by atoms with Gasteiger partial charge in [0.1, 0.15) is 0 Å². The summed E-state index contributed by atoms with van der Waals surface area (Å²) in [5, 5.41) is 3.87. The lowest BCUT2D eigenvalue weighted by atomic mass is 9.55. The number of rotatable bonds is 0. The third kappa shape index (κ3) is 2.03. The number of fused-ring (bicyclic) bond motifs is 5. The Morgan fingerprint density at radius 2 is 1.41 bits per heavy atom. The van der Waals surface area contributed by atoms with E-state index < -0.39 is 0 Å². The summed E-state index contributed by atoms with van der Waals surface area (Å²) in [5.74, 6) is 0.